The smallest absolute Gasteiger partial charge is 0.327 e. The Morgan fingerprint density at radius 2 is 1.61 bits per heavy atom. The fraction of sp³-hybridized carbons (Fsp3) is 0.280. The SMILES string of the molecule is NC(Cc1c[nH]c2ccccc12)C(=O)NC(Cc1ccccc1)C(=O)NCC(=O)NC(CS)C(=O)O. The molecule has 1 heterocycles. The first-order valence-electron chi connectivity index (χ1n) is 11.3. The number of nitrogens with two attached hydrogens (primary N) is 1. The molecule has 0 saturated heterocycles. The van der Waals surface area contributed by atoms with Crippen molar-refractivity contribution >= 4 is 47.2 Å². The summed E-state index contributed by atoms with van der Waals surface area (Å²) in [6.07, 6.45) is 2.24. The molecule has 36 heavy (non-hydrogen) atoms. The highest BCUT2D eigenvalue weighted by atomic mass is 32.1. The number of para-hydroxylation sites is 1. The Kier molecular flexibility index (Phi) is 9.48. The van der Waals surface area contributed by atoms with Crippen molar-refractivity contribution < 1.29 is 24.3 Å². The quantitative estimate of drug-likeness (QED) is 0.174. The average Bonchev–Trinajstić information content (AvgIpc) is 3.28. The minimum Gasteiger partial charge on any atom is -0.480 e. The molecule has 3 rings (SSSR count). The fourth-order valence-electron chi connectivity index (χ4n) is 3.69. The third-order valence-corrected chi connectivity index (χ3v) is 5.97. The molecular weight excluding hydrogens is 482 g/mol. The van der Waals surface area contributed by atoms with Crippen LogP contribution in [0.25, 0.3) is 10.9 Å². The first-order chi connectivity index (χ1) is 17.3. The van der Waals surface area contributed by atoms with Gasteiger partial charge in [-0.05, 0) is 23.6 Å². The predicted molar refractivity (Wildman–Crippen MR) is 138 cm³/mol. The van der Waals surface area contributed by atoms with Crippen molar-refractivity contribution in [1.82, 2.24) is 20.9 Å². The van der Waals surface area contributed by atoms with Gasteiger partial charge in [0, 0.05) is 29.3 Å². The Bertz CT molecular complexity index is 1220. The molecule has 190 valence electrons. The van der Waals surface area contributed by atoms with Crippen LogP contribution in [0.15, 0.2) is 60.8 Å². The van der Waals surface area contributed by atoms with Crippen molar-refractivity contribution in [2.24, 2.45) is 5.73 Å². The first kappa shape index (κ1) is 26.8. The minimum atomic E-state index is -1.23. The number of H-pyrrole nitrogens is 1. The molecule has 0 aliphatic carbocycles. The number of hydrogen-bond donors (Lipinski definition) is 7. The predicted octanol–water partition coefficient (Wildman–Crippen LogP) is 0.381. The van der Waals surface area contributed by atoms with Crippen LogP contribution >= 0.6 is 12.6 Å². The van der Waals surface area contributed by atoms with Crippen molar-refractivity contribution in [3.8, 4) is 0 Å². The number of rotatable bonds is 12. The number of aromatic amines is 1. The molecule has 0 fully saturated rings. The van der Waals surface area contributed by atoms with Gasteiger partial charge in [-0.3, -0.25) is 14.4 Å². The molecule has 3 aromatic rings. The number of carboxylic acids is 1. The zero-order valence-electron chi connectivity index (χ0n) is 19.4. The van der Waals surface area contributed by atoms with Gasteiger partial charge in [-0.15, -0.1) is 0 Å². The van der Waals surface area contributed by atoms with Crippen LogP contribution in [0.5, 0.6) is 0 Å². The van der Waals surface area contributed by atoms with E-state index in [1.165, 1.54) is 0 Å². The van der Waals surface area contributed by atoms with E-state index in [1.54, 1.807) is 6.20 Å². The number of hydrogen-bond acceptors (Lipinski definition) is 6. The Morgan fingerprint density at radius 3 is 2.31 bits per heavy atom. The van der Waals surface area contributed by atoms with Crippen LogP contribution in [0.3, 0.4) is 0 Å². The molecule has 0 spiro atoms. The van der Waals surface area contributed by atoms with E-state index in [0.717, 1.165) is 22.0 Å². The molecule has 0 aliphatic rings. The van der Waals surface area contributed by atoms with E-state index in [0.29, 0.717) is 0 Å². The maximum atomic E-state index is 12.9. The van der Waals surface area contributed by atoms with E-state index in [-0.39, 0.29) is 18.6 Å². The number of nitrogens with one attached hydrogen (secondary N) is 4. The highest BCUT2D eigenvalue weighted by Crippen LogP contribution is 2.18. The van der Waals surface area contributed by atoms with Crippen LogP contribution in [-0.4, -0.2) is 64.2 Å². The maximum absolute atomic E-state index is 12.9. The van der Waals surface area contributed by atoms with Crippen LogP contribution in [0.4, 0.5) is 0 Å². The second-order valence-electron chi connectivity index (χ2n) is 8.28. The lowest BCUT2D eigenvalue weighted by atomic mass is 10.0. The van der Waals surface area contributed by atoms with Gasteiger partial charge in [0.1, 0.15) is 12.1 Å². The van der Waals surface area contributed by atoms with Gasteiger partial charge in [0.25, 0.3) is 0 Å². The Balaban J connectivity index is 1.65. The Hall–Kier alpha value is -3.83. The van der Waals surface area contributed by atoms with E-state index in [1.807, 2.05) is 54.6 Å². The van der Waals surface area contributed by atoms with Crippen molar-refractivity contribution in [1.29, 1.82) is 0 Å². The van der Waals surface area contributed by atoms with Gasteiger partial charge < -0.3 is 31.8 Å². The number of thiol groups is 1. The summed E-state index contributed by atoms with van der Waals surface area (Å²) in [5.41, 5.74) is 8.79. The van der Waals surface area contributed by atoms with Crippen LogP contribution in [-0.2, 0) is 32.0 Å². The second kappa shape index (κ2) is 12.8. The van der Waals surface area contributed by atoms with Gasteiger partial charge in [0.2, 0.25) is 17.7 Å². The number of carbonyl (C=O) groups excluding carboxylic acids is 3. The third kappa shape index (κ3) is 7.33. The van der Waals surface area contributed by atoms with Crippen LogP contribution < -0.4 is 21.7 Å². The summed E-state index contributed by atoms with van der Waals surface area (Å²) in [7, 11) is 0. The van der Waals surface area contributed by atoms with Gasteiger partial charge in [0.05, 0.1) is 12.6 Å². The zero-order valence-corrected chi connectivity index (χ0v) is 20.3. The summed E-state index contributed by atoms with van der Waals surface area (Å²) in [6, 6.07) is 13.7. The van der Waals surface area contributed by atoms with Crippen molar-refractivity contribution in [2.45, 2.75) is 31.0 Å². The van der Waals surface area contributed by atoms with Crippen molar-refractivity contribution in [3.63, 3.8) is 0 Å². The molecule has 0 saturated carbocycles. The van der Waals surface area contributed by atoms with Crippen LogP contribution in [0.2, 0.25) is 0 Å². The average molecular weight is 512 g/mol. The fourth-order valence-corrected chi connectivity index (χ4v) is 3.94. The molecule has 11 heteroatoms. The molecule has 1 aromatic heterocycles. The number of amides is 3. The van der Waals surface area contributed by atoms with E-state index < -0.39 is 48.4 Å². The molecule has 3 unspecified atom stereocenters. The highest BCUT2D eigenvalue weighted by molar-refractivity contribution is 7.80. The maximum Gasteiger partial charge on any atom is 0.327 e. The van der Waals surface area contributed by atoms with Gasteiger partial charge in [-0.1, -0.05) is 48.5 Å². The topological polar surface area (TPSA) is 166 Å². The lowest BCUT2D eigenvalue weighted by Gasteiger charge is -2.21. The number of aromatic nitrogens is 1. The monoisotopic (exact) mass is 511 g/mol. The van der Waals surface area contributed by atoms with Crippen LogP contribution in [0, 0.1) is 0 Å². The summed E-state index contributed by atoms with van der Waals surface area (Å²) in [5, 5.41) is 17.4. The standard InChI is InChI=1S/C25H29N5O5S/c26-18(11-16-12-27-19-9-5-4-8-17(16)19)23(32)30-20(10-15-6-2-1-3-7-15)24(33)28-13-22(31)29-21(14-36)25(34)35/h1-9,12,18,20-21,27,36H,10-11,13-14,26H2,(H,28,33)(H,29,31)(H,30,32)(H,34,35). The molecule has 0 radical (unpaired) electrons. The van der Waals surface area contributed by atoms with Gasteiger partial charge in [-0.2, -0.15) is 12.6 Å². The first-order valence-corrected chi connectivity index (χ1v) is 12.0. The lowest BCUT2D eigenvalue weighted by molar-refractivity contribution is -0.141. The summed E-state index contributed by atoms with van der Waals surface area (Å²) >= 11 is 3.89. The number of carboxylic acid groups (broad SMARTS) is 1. The number of aliphatic carboxylic acids is 1. The Labute approximate surface area is 213 Å². The second-order valence-corrected chi connectivity index (χ2v) is 8.64. The summed E-state index contributed by atoms with van der Waals surface area (Å²) in [4.78, 5) is 52.1. The largest absolute Gasteiger partial charge is 0.480 e. The molecule has 2 aromatic carbocycles. The summed E-state index contributed by atoms with van der Waals surface area (Å²) in [6.45, 7) is -0.459. The normalized spacial score (nSPS) is 13.4. The van der Waals surface area contributed by atoms with Gasteiger partial charge in [-0.25, -0.2) is 4.79 Å². The summed E-state index contributed by atoms with van der Waals surface area (Å²) in [5.74, 6) is -3.13. The zero-order chi connectivity index (χ0) is 26.1. The highest BCUT2D eigenvalue weighted by Gasteiger charge is 2.26. The van der Waals surface area contributed by atoms with Gasteiger partial charge in [0.15, 0.2) is 0 Å². The van der Waals surface area contributed by atoms with Crippen molar-refractivity contribution in [2.75, 3.05) is 12.3 Å². The molecule has 0 bridgehead atoms. The molecule has 3 atom stereocenters. The van der Waals surface area contributed by atoms with E-state index in [9.17, 15) is 19.2 Å². The molecular formula is C25H29N5O5S. The molecule has 10 nitrogen and oxygen atoms in total. The minimum absolute atomic E-state index is 0.101. The lowest BCUT2D eigenvalue weighted by Crippen LogP contribution is -2.54. The molecule has 7 N–H and O–H groups in total. The molecule has 3 amide bonds. The van der Waals surface area contributed by atoms with Crippen LogP contribution in [0.1, 0.15) is 11.1 Å². The summed E-state index contributed by atoms with van der Waals surface area (Å²) < 4.78 is 0. The van der Waals surface area contributed by atoms with Gasteiger partial charge >= 0.3 is 5.97 Å². The number of carbonyl (C=O) groups is 4. The van der Waals surface area contributed by atoms with E-state index >= 15 is 0 Å². The molecule has 0 aliphatic heterocycles. The van der Waals surface area contributed by atoms with E-state index in [4.69, 9.17) is 10.8 Å². The number of benzene rings is 2. The van der Waals surface area contributed by atoms with Crippen molar-refractivity contribution in [3.05, 3.63) is 71.9 Å². The van der Waals surface area contributed by atoms with E-state index in [2.05, 4.69) is 33.6 Å². The Morgan fingerprint density at radius 1 is 0.917 bits per heavy atom. The number of fused-ring (bicyclic) bond motifs is 1. The third-order valence-electron chi connectivity index (χ3n) is 5.61.